The molecular formula is C14H10ClFN2O2S. The molecule has 108 valence electrons. The van der Waals surface area contributed by atoms with Gasteiger partial charge in [-0.2, -0.15) is 0 Å². The number of aryl methyl sites for hydroxylation is 1. The van der Waals surface area contributed by atoms with Gasteiger partial charge in [0, 0.05) is 11.4 Å². The van der Waals surface area contributed by atoms with E-state index < -0.39 is 11.7 Å². The van der Waals surface area contributed by atoms with E-state index in [1.807, 2.05) is 0 Å². The van der Waals surface area contributed by atoms with Crippen molar-refractivity contribution in [2.75, 3.05) is 5.32 Å². The highest BCUT2D eigenvalue weighted by Crippen LogP contribution is 2.30. The molecule has 21 heavy (non-hydrogen) atoms. The minimum Gasteiger partial charge on any atom is -0.298 e. The SMILES string of the molecule is O=C(Nc1nc2c(s1)C(=O)CCC2)c1ccc(Cl)cc1F. The van der Waals surface area contributed by atoms with Crippen molar-refractivity contribution in [2.45, 2.75) is 19.3 Å². The number of aromatic nitrogens is 1. The monoisotopic (exact) mass is 324 g/mol. The number of carbonyl (C=O) groups is 2. The zero-order valence-corrected chi connectivity index (χ0v) is 12.4. The van der Waals surface area contributed by atoms with Crippen LogP contribution < -0.4 is 5.32 Å². The van der Waals surface area contributed by atoms with E-state index >= 15 is 0 Å². The number of fused-ring (bicyclic) bond motifs is 1. The summed E-state index contributed by atoms with van der Waals surface area (Å²) >= 11 is 6.78. The number of hydrogen-bond donors (Lipinski definition) is 1. The van der Waals surface area contributed by atoms with Crippen LogP contribution >= 0.6 is 22.9 Å². The first-order valence-corrected chi connectivity index (χ1v) is 7.53. The lowest BCUT2D eigenvalue weighted by atomic mass is 10.0. The molecule has 1 aromatic heterocycles. The highest BCUT2D eigenvalue weighted by Gasteiger charge is 2.23. The van der Waals surface area contributed by atoms with Crippen molar-refractivity contribution in [1.29, 1.82) is 0 Å². The van der Waals surface area contributed by atoms with Crippen LogP contribution in [0.2, 0.25) is 5.02 Å². The summed E-state index contributed by atoms with van der Waals surface area (Å²) in [5, 5.41) is 3.07. The molecule has 0 unspecified atom stereocenters. The van der Waals surface area contributed by atoms with Gasteiger partial charge < -0.3 is 0 Å². The molecule has 1 aliphatic rings. The molecule has 3 rings (SSSR count). The molecular weight excluding hydrogens is 315 g/mol. The number of benzene rings is 1. The van der Waals surface area contributed by atoms with E-state index in [2.05, 4.69) is 10.3 Å². The van der Waals surface area contributed by atoms with E-state index in [4.69, 9.17) is 11.6 Å². The fourth-order valence-electron chi connectivity index (χ4n) is 2.16. The Bertz CT molecular complexity index is 745. The molecule has 1 heterocycles. The number of thiazole rings is 1. The number of hydrogen-bond acceptors (Lipinski definition) is 4. The molecule has 4 nitrogen and oxygen atoms in total. The minimum absolute atomic E-state index is 0.0481. The second kappa shape index (κ2) is 5.54. The molecule has 0 saturated heterocycles. The van der Waals surface area contributed by atoms with Gasteiger partial charge in [-0.1, -0.05) is 22.9 Å². The third-order valence-corrected chi connectivity index (χ3v) is 4.45. The van der Waals surface area contributed by atoms with Crippen LogP contribution in [0, 0.1) is 5.82 Å². The molecule has 0 spiro atoms. The number of nitrogens with zero attached hydrogens (tertiary/aromatic N) is 1. The Labute approximate surface area is 129 Å². The van der Waals surface area contributed by atoms with Gasteiger partial charge in [0.1, 0.15) is 5.82 Å². The van der Waals surface area contributed by atoms with Crippen LogP contribution in [0.25, 0.3) is 0 Å². The van der Waals surface area contributed by atoms with Crippen molar-refractivity contribution in [1.82, 2.24) is 4.98 Å². The Hall–Kier alpha value is -1.79. The van der Waals surface area contributed by atoms with Crippen molar-refractivity contribution in [3.05, 3.63) is 45.2 Å². The predicted octanol–water partition coefficient (Wildman–Crippen LogP) is 3.71. The zero-order chi connectivity index (χ0) is 15.0. The van der Waals surface area contributed by atoms with E-state index in [1.54, 1.807) is 0 Å². The van der Waals surface area contributed by atoms with Gasteiger partial charge in [0.2, 0.25) is 0 Å². The molecule has 0 aliphatic heterocycles. The second-order valence-corrected chi connectivity index (χ2v) is 6.09. The average Bonchev–Trinajstić information content (AvgIpc) is 2.82. The summed E-state index contributed by atoms with van der Waals surface area (Å²) in [6.07, 6.45) is 2.01. The summed E-state index contributed by atoms with van der Waals surface area (Å²) in [7, 11) is 0. The van der Waals surface area contributed by atoms with Crippen molar-refractivity contribution in [2.24, 2.45) is 0 Å². The summed E-state index contributed by atoms with van der Waals surface area (Å²) in [6, 6.07) is 3.83. The second-order valence-electron chi connectivity index (χ2n) is 4.65. The summed E-state index contributed by atoms with van der Waals surface area (Å²) in [6.45, 7) is 0. The first kappa shape index (κ1) is 14.2. The fourth-order valence-corrected chi connectivity index (χ4v) is 3.29. The average molecular weight is 325 g/mol. The third-order valence-electron chi connectivity index (χ3n) is 3.16. The number of rotatable bonds is 2. The van der Waals surface area contributed by atoms with Crippen molar-refractivity contribution >= 4 is 39.8 Å². The van der Waals surface area contributed by atoms with E-state index in [-0.39, 0.29) is 16.4 Å². The van der Waals surface area contributed by atoms with Crippen LogP contribution in [0.1, 0.15) is 38.6 Å². The predicted molar refractivity (Wildman–Crippen MR) is 78.7 cm³/mol. The standard InChI is InChI=1S/C14H10ClFN2O2S/c15-7-4-5-8(9(16)6-7)13(20)18-14-17-10-2-1-3-11(19)12(10)21-14/h4-6H,1-3H2,(H,17,18,20). The summed E-state index contributed by atoms with van der Waals surface area (Å²) in [4.78, 5) is 28.6. The Morgan fingerprint density at radius 1 is 1.38 bits per heavy atom. The molecule has 2 aromatic rings. The number of nitrogens with one attached hydrogen (secondary N) is 1. The molecule has 0 bridgehead atoms. The van der Waals surface area contributed by atoms with Crippen LogP contribution in [-0.2, 0) is 6.42 Å². The van der Waals surface area contributed by atoms with Crippen LogP contribution in [0.3, 0.4) is 0 Å². The first-order valence-electron chi connectivity index (χ1n) is 6.34. The number of carbonyl (C=O) groups excluding carboxylic acids is 2. The number of anilines is 1. The van der Waals surface area contributed by atoms with Gasteiger partial charge in [0.15, 0.2) is 10.9 Å². The number of amides is 1. The van der Waals surface area contributed by atoms with E-state index in [0.29, 0.717) is 22.1 Å². The van der Waals surface area contributed by atoms with Crippen molar-refractivity contribution < 1.29 is 14.0 Å². The number of Topliss-reactive ketones (excluding diaryl/α,β-unsaturated/α-hetero) is 1. The molecule has 1 aliphatic carbocycles. The molecule has 1 amide bonds. The van der Waals surface area contributed by atoms with Crippen LogP contribution in [0.4, 0.5) is 9.52 Å². The van der Waals surface area contributed by atoms with Gasteiger partial charge in [-0.3, -0.25) is 14.9 Å². The quantitative estimate of drug-likeness (QED) is 0.916. The molecule has 0 atom stereocenters. The highest BCUT2D eigenvalue weighted by molar-refractivity contribution is 7.17. The Balaban J connectivity index is 1.83. The van der Waals surface area contributed by atoms with Crippen LogP contribution in [0.15, 0.2) is 18.2 Å². The minimum atomic E-state index is -0.697. The van der Waals surface area contributed by atoms with Gasteiger partial charge in [0.05, 0.1) is 16.1 Å². The summed E-state index contributed by atoms with van der Waals surface area (Å²) in [5.41, 5.74) is 0.599. The van der Waals surface area contributed by atoms with E-state index in [9.17, 15) is 14.0 Å². The smallest absolute Gasteiger partial charge is 0.260 e. The van der Waals surface area contributed by atoms with Crippen LogP contribution in [0.5, 0.6) is 0 Å². The maximum Gasteiger partial charge on any atom is 0.260 e. The van der Waals surface area contributed by atoms with Crippen molar-refractivity contribution in [3.63, 3.8) is 0 Å². The summed E-state index contributed by atoms with van der Waals surface area (Å²) in [5.74, 6) is -1.26. The lowest BCUT2D eigenvalue weighted by Crippen LogP contribution is -2.13. The lowest BCUT2D eigenvalue weighted by Gasteiger charge is -2.05. The topological polar surface area (TPSA) is 59.1 Å². The number of ketones is 1. The fraction of sp³-hybridized carbons (Fsp3) is 0.214. The van der Waals surface area contributed by atoms with Crippen molar-refractivity contribution in [3.8, 4) is 0 Å². The normalized spacial score (nSPS) is 13.9. The van der Waals surface area contributed by atoms with Gasteiger partial charge in [-0.25, -0.2) is 9.37 Å². The van der Waals surface area contributed by atoms with Gasteiger partial charge in [-0.15, -0.1) is 0 Å². The first-order chi connectivity index (χ1) is 10.0. The summed E-state index contributed by atoms with van der Waals surface area (Å²) < 4.78 is 13.7. The lowest BCUT2D eigenvalue weighted by molar-refractivity contribution is 0.0975. The molecule has 1 N–H and O–H groups in total. The number of halogens is 2. The Morgan fingerprint density at radius 3 is 2.90 bits per heavy atom. The Morgan fingerprint density at radius 2 is 2.19 bits per heavy atom. The molecule has 0 saturated carbocycles. The molecule has 0 fully saturated rings. The van der Waals surface area contributed by atoms with E-state index in [0.717, 1.165) is 30.2 Å². The molecule has 1 aromatic carbocycles. The third kappa shape index (κ3) is 2.82. The highest BCUT2D eigenvalue weighted by atomic mass is 35.5. The molecule has 7 heteroatoms. The maximum atomic E-state index is 13.7. The van der Waals surface area contributed by atoms with Gasteiger partial charge >= 0.3 is 0 Å². The van der Waals surface area contributed by atoms with E-state index in [1.165, 1.54) is 12.1 Å². The van der Waals surface area contributed by atoms with Crippen LogP contribution in [-0.4, -0.2) is 16.7 Å². The Kier molecular flexibility index (Phi) is 3.73. The largest absolute Gasteiger partial charge is 0.298 e. The van der Waals surface area contributed by atoms with Gasteiger partial charge in [-0.05, 0) is 31.0 Å². The zero-order valence-electron chi connectivity index (χ0n) is 10.8. The maximum absolute atomic E-state index is 13.7. The molecule has 0 radical (unpaired) electrons. The van der Waals surface area contributed by atoms with Gasteiger partial charge in [0.25, 0.3) is 5.91 Å².